The van der Waals surface area contributed by atoms with E-state index in [1.54, 1.807) is 0 Å². The zero-order valence-electron chi connectivity index (χ0n) is 14.6. The number of rotatable bonds is 8. The van der Waals surface area contributed by atoms with Crippen LogP contribution in [0.3, 0.4) is 0 Å². The summed E-state index contributed by atoms with van der Waals surface area (Å²) < 4.78 is 14.4. The number of nitrogens with zero attached hydrogens (tertiary/aromatic N) is 2. The first-order valence-electron chi connectivity index (χ1n) is 7.76. The third-order valence-electron chi connectivity index (χ3n) is 3.33. The summed E-state index contributed by atoms with van der Waals surface area (Å²) in [5.41, 5.74) is 0.905. The summed E-state index contributed by atoms with van der Waals surface area (Å²) in [7, 11) is -1.04. The van der Waals surface area contributed by atoms with Crippen LogP contribution in [0.4, 0.5) is 0 Å². The zero-order chi connectivity index (χ0) is 16.2. The fourth-order valence-electron chi connectivity index (χ4n) is 2.02. The Kier molecular flexibility index (Phi) is 7.73. The molecule has 0 radical (unpaired) electrons. The van der Waals surface area contributed by atoms with E-state index in [-0.39, 0.29) is 6.15 Å². The quantitative estimate of drug-likeness (QED) is 0.495. The van der Waals surface area contributed by atoms with Gasteiger partial charge in [-0.1, -0.05) is 26.6 Å². The van der Waals surface area contributed by atoms with E-state index in [1.807, 2.05) is 16.8 Å². The molecule has 0 saturated carbocycles. The van der Waals surface area contributed by atoms with Gasteiger partial charge in [-0.25, -0.2) is 0 Å². The molecule has 0 atom stereocenters. The fraction of sp³-hybridized carbons (Fsp3) is 0.562. The van der Waals surface area contributed by atoms with Crippen LogP contribution in [0.25, 0.3) is 11.0 Å². The molecule has 0 unspecified atom stereocenters. The first-order chi connectivity index (χ1) is 10.4. The highest BCUT2D eigenvalue weighted by atomic mass is 79.9. The minimum Gasteiger partial charge on any atom is -0.477 e. The largest absolute Gasteiger partial charge is 0.477 e. The second-order valence-corrected chi connectivity index (χ2v) is 13.1. The monoisotopic (exact) mass is 401 g/mol. The minimum atomic E-state index is -1.04. The molecule has 3 N–H and O–H groups in total. The normalized spacial score (nSPS) is 11.5. The highest BCUT2D eigenvalue weighted by Gasteiger charge is 2.13. The molecule has 7 heteroatoms. The number of ether oxygens (including phenoxy) is 2. The van der Waals surface area contributed by atoms with Crippen LogP contribution in [-0.4, -0.2) is 30.8 Å². The van der Waals surface area contributed by atoms with Crippen molar-refractivity contribution in [1.82, 2.24) is 15.7 Å². The summed E-state index contributed by atoms with van der Waals surface area (Å²) in [5.74, 6) is 0.649. The van der Waals surface area contributed by atoms with Crippen molar-refractivity contribution in [2.24, 2.45) is 0 Å². The van der Waals surface area contributed by atoms with E-state index >= 15 is 0 Å². The molecule has 0 fully saturated rings. The standard InChI is InChI=1S/C16H25BrN2O2Si.H3N/c1-5-8-21-16-14(17)11-13-6-7-19(15(13)18-16)12-20-9-10-22(2,3)4;/h6-7,11H,5,8-10,12H2,1-4H3;1H3. The van der Waals surface area contributed by atoms with E-state index in [4.69, 9.17) is 9.47 Å². The molecule has 2 heterocycles. The summed E-state index contributed by atoms with van der Waals surface area (Å²) in [5, 5.41) is 1.09. The maximum atomic E-state index is 5.82. The van der Waals surface area contributed by atoms with Gasteiger partial charge in [-0.3, -0.25) is 0 Å². The maximum Gasteiger partial charge on any atom is 0.230 e. The topological polar surface area (TPSA) is 71.3 Å². The predicted molar refractivity (Wildman–Crippen MR) is 102 cm³/mol. The summed E-state index contributed by atoms with van der Waals surface area (Å²) in [6, 6.07) is 5.28. The van der Waals surface area contributed by atoms with E-state index in [1.165, 1.54) is 6.04 Å². The molecular formula is C16H28BrN3O2Si. The van der Waals surface area contributed by atoms with Gasteiger partial charge in [0.25, 0.3) is 0 Å². The average Bonchev–Trinajstić information content (AvgIpc) is 2.82. The van der Waals surface area contributed by atoms with Crippen LogP contribution in [0, 0.1) is 0 Å². The lowest BCUT2D eigenvalue weighted by atomic mass is 10.3. The molecule has 0 aromatic carbocycles. The lowest BCUT2D eigenvalue weighted by Crippen LogP contribution is -2.22. The number of hydrogen-bond acceptors (Lipinski definition) is 4. The Morgan fingerprint density at radius 1 is 1.26 bits per heavy atom. The molecule has 130 valence electrons. The molecule has 0 saturated heterocycles. The van der Waals surface area contributed by atoms with Crippen LogP contribution in [0.15, 0.2) is 22.8 Å². The molecule has 0 aliphatic carbocycles. The molecule has 23 heavy (non-hydrogen) atoms. The van der Waals surface area contributed by atoms with Crippen LogP contribution >= 0.6 is 15.9 Å². The van der Waals surface area contributed by atoms with Gasteiger partial charge in [0, 0.05) is 26.3 Å². The smallest absolute Gasteiger partial charge is 0.230 e. The SMILES string of the molecule is CCCOc1nc2c(ccn2COCC[Si](C)(C)C)cc1Br.N. The van der Waals surface area contributed by atoms with Crippen molar-refractivity contribution >= 4 is 35.0 Å². The van der Waals surface area contributed by atoms with E-state index < -0.39 is 8.07 Å². The van der Waals surface area contributed by atoms with Crippen molar-refractivity contribution in [3.63, 3.8) is 0 Å². The summed E-state index contributed by atoms with van der Waals surface area (Å²) in [6.07, 6.45) is 2.98. The highest BCUT2D eigenvalue weighted by molar-refractivity contribution is 9.10. The van der Waals surface area contributed by atoms with Gasteiger partial charge in [0.15, 0.2) is 0 Å². The van der Waals surface area contributed by atoms with Gasteiger partial charge in [-0.05, 0) is 40.5 Å². The van der Waals surface area contributed by atoms with Gasteiger partial charge in [-0.15, -0.1) is 0 Å². The molecule has 2 aromatic heterocycles. The van der Waals surface area contributed by atoms with E-state index in [0.717, 1.165) is 28.5 Å². The third-order valence-corrected chi connectivity index (χ3v) is 5.60. The van der Waals surface area contributed by atoms with E-state index in [9.17, 15) is 0 Å². The van der Waals surface area contributed by atoms with Crippen molar-refractivity contribution in [3.05, 3.63) is 22.8 Å². The lowest BCUT2D eigenvalue weighted by molar-refractivity contribution is 0.0898. The number of halogens is 1. The molecule has 0 amide bonds. The van der Waals surface area contributed by atoms with Crippen LogP contribution < -0.4 is 10.9 Å². The van der Waals surface area contributed by atoms with Gasteiger partial charge >= 0.3 is 0 Å². The highest BCUT2D eigenvalue weighted by Crippen LogP contribution is 2.28. The van der Waals surface area contributed by atoms with Gasteiger partial charge in [0.05, 0.1) is 11.1 Å². The molecule has 5 nitrogen and oxygen atoms in total. The van der Waals surface area contributed by atoms with E-state index in [0.29, 0.717) is 19.2 Å². The molecule has 0 aliphatic rings. The molecule has 0 spiro atoms. The first kappa shape index (κ1) is 20.2. The third kappa shape index (κ3) is 5.91. The number of pyridine rings is 1. The Labute approximate surface area is 148 Å². The van der Waals surface area contributed by atoms with Crippen molar-refractivity contribution in [2.45, 2.75) is 45.8 Å². The van der Waals surface area contributed by atoms with Crippen molar-refractivity contribution < 1.29 is 9.47 Å². The van der Waals surface area contributed by atoms with Crippen LogP contribution in [0.1, 0.15) is 13.3 Å². The lowest BCUT2D eigenvalue weighted by Gasteiger charge is -2.15. The maximum absolute atomic E-state index is 5.82. The van der Waals surface area contributed by atoms with Crippen LogP contribution in [0.5, 0.6) is 5.88 Å². The Balaban J connectivity index is 0.00000264. The van der Waals surface area contributed by atoms with Crippen molar-refractivity contribution in [2.75, 3.05) is 13.2 Å². The Bertz CT molecular complexity index is 626. The first-order valence-corrected chi connectivity index (χ1v) is 12.3. The average molecular weight is 402 g/mol. The number of hydrogen-bond donors (Lipinski definition) is 1. The zero-order valence-corrected chi connectivity index (χ0v) is 17.1. The minimum absolute atomic E-state index is 0. The van der Waals surface area contributed by atoms with Gasteiger partial charge in [0.2, 0.25) is 5.88 Å². The molecule has 2 aromatic rings. The fourth-order valence-corrected chi connectivity index (χ4v) is 3.22. The number of aromatic nitrogens is 2. The number of fused-ring (bicyclic) bond motifs is 1. The molecule has 2 rings (SSSR count). The summed E-state index contributed by atoms with van der Waals surface area (Å²) in [4.78, 5) is 4.62. The Morgan fingerprint density at radius 2 is 2.00 bits per heavy atom. The van der Waals surface area contributed by atoms with Crippen LogP contribution in [-0.2, 0) is 11.5 Å². The van der Waals surface area contributed by atoms with Gasteiger partial charge in [0.1, 0.15) is 12.4 Å². The van der Waals surface area contributed by atoms with Crippen molar-refractivity contribution in [3.8, 4) is 5.88 Å². The van der Waals surface area contributed by atoms with Gasteiger partial charge in [-0.2, -0.15) is 4.98 Å². The van der Waals surface area contributed by atoms with Crippen LogP contribution in [0.2, 0.25) is 25.7 Å². The molecular weight excluding hydrogens is 374 g/mol. The molecule has 0 bridgehead atoms. The second-order valence-electron chi connectivity index (χ2n) is 6.67. The second kappa shape index (κ2) is 8.82. The summed E-state index contributed by atoms with van der Waals surface area (Å²) >= 11 is 3.52. The summed E-state index contributed by atoms with van der Waals surface area (Å²) in [6.45, 7) is 11.2. The Morgan fingerprint density at radius 3 is 2.65 bits per heavy atom. The Hall–Kier alpha value is -0.893. The molecule has 0 aliphatic heterocycles. The van der Waals surface area contributed by atoms with Gasteiger partial charge < -0.3 is 20.2 Å². The van der Waals surface area contributed by atoms with Crippen molar-refractivity contribution in [1.29, 1.82) is 0 Å². The van der Waals surface area contributed by atoms with E-state index in [2.05, 4.69) is 53.5 Å². The predicted octanol–water partition coefficient (Wildman–Crippen LogP) is 5.06.